The third kappa shape index (κ3) is 2.24. The van der Waals surface area contributed by atoms with Gasteiger partial charge in [0.05, 0.1) is 10.6 Å². The van der Waals surface area contributed by atoms with Crippen molar-refractivity contribution in [3.8, 4) is 10.6 Å². The number of nitrogens with zero attached hydrogens (tertiary/aromatic N) is 1. The fourth-order valence-electron chi connectivity index (χ4n) is 2.20. The number of thiophene rings is 1. The molecule has 0 bridgehead atoms. The quantitative estimate of drug-likeness (QED) is 0.644. The number of aromatic nitrogens is 1. The molecule has 0 spiro atoms. The average molecular weight is 253 g/mol. The number of hydrogen-bond donors (Lipinski definition) is 0. The first-order chi connectivity index (χ1) is 8.83. The topological polar surface area (TPSA) is 4.93 Å². The van der Waals surface area contributed by atoms with Gasteiger partial charge in [-0.1, -0.05) is 36.4 Å². The first-order valence-electron chi connectivity index (χ1n) is 6.07. The van der Waals surface area contributed by atoms with E-state index in [1.54, 1.807) is 11.3 Å². The molecule has 0 amide bonds. The average Bonchev–Trinajstić information content (AvgIpc) is 3.00. The first kappa shape index (κ1) is 11.3. The van der Waals surface area contributed by atoms with Crippen molar-refractivity contribution in [2.24, 2.45) is 0 Å². The second kappa shape index (κ2) is 4.83. The smallest absolute Gasteiger partial charge is 0.0587 e. The second-order valence-electron chi connectivity index (χ2n) is 4.49. The van der Waals surface area contributed by atoms with Gasteiger partial charge < -0.3 is 4.57 Å². The summed E-state index contributed by atoms with van der Waals surface area (Å²) in [5, 5.41) is 2.13. The molecule has 0 aliphatic heterocycles. The van der Waals surface area contributed by atoms with Crippen LogP contribution in [0.1, 0.15) is 11.1 Å². The zero-order valence-electron chi connectivity index (χ0n) is 10.3. The third-order valence-corrected chi connectivity index (χ3v) is 3.90. The minimum Gasteiger partial charge on any atom is -0.342 e. The van der Waals surface area contributed by atoms with Crippen LogP contribution in [0.2, 0.25) is 0 Å². The van der Waals surface area contributed by atoms with E-state index in [0.717, 1.165) is 6.54 Å². The van der Waals surface area contributed by atoms with Crippen LogP contribution in [-0.4, -0.2) is 4.57 Å². The van der Waals surface area contributed by atoms with E-state index >= 15 is 0 Å². The molecule has 0 N–H and O–H groups in total. The first-order valence-corrected chi connectivity index (χ1v) is 6.95. The van der Waals surface area contributed by atoms with Crippen molar-refractivity contribution in [2.75, 3.05) is 0 Å². The normalized spacial score (nSPS) is 10.7. The Bertz CT molecular complexity index is 620. The molecule has 0 aliphatic rings. The van der Waals surface area contributed by atoms with Crippen molar-refractivity contribution in [2.45, 2.75) is 13.5 Å². The molecule has 0 radical (unpaired) electrons. The maximum absolute atomic E-state index is 2.33. The zero-order chi connectivity index (χ0) is 12.4. The second-order valence-corrected chi connectivity index (χ2v) is 5.44. The molecule has 3 aromatic rings. The Balaban J connectivity index is 1.98. The third-order valence-electron chi connectivity index (χ3n) is 3.00. The number of rotatable bonds is 3. The molecule has 90 valence electrons. The van der Waals surface area contributed by atoms with E-state index in [1.807, 2.05) is 0 Å². The van der Waals surface area contributed by atoms with Crippen molar-refractivity contribution in [3.63, 3.8) is 0 Å². The predicted octanol–water partition coefficient (Wildman–Crippen LogP) is 4.57. The van der Waals surface area contributed by atoms with Gasteiger partial charge in [-0.15, -0.1) is 11.3 Å². The lowest BCUT2D eigenvalue weighted by molar-refractivity contribution is 0.814. The van der Waals surface area contributed by atoms with Gasteiger partial charge in [0.2, 0.25) is 0 Å². The summed E-state index contributed by atoms with van der Waals surface area (Å²) in [5.74, 6) is 0. The van der Waals surface area contributed by atoms with Crippen molar-refractivity contribution in [1.29, 1.82) is 0 Å². The minimum atomic E-state index is 0.932. The van der Waals surface area contributed by atoms with Crippen LogP contribution in [0.4, 0.5) is 0 Å². The fourth-order valence-corrected chi connectivity index (χ4v) is 2.96. The Hall–Kier alpha value is -1.80. The van der Waals surface area contributed by atoms with Crippen LogP contribution in [0.5, 0.6) is 0 Å². The SMILES string of the molecule is Cc1cc(-c2cccs2)n(Cc2ccccc2)c1. The Morgan fingerprint density at radius 3 is 2.61 bits per heavy atom. The number of benzene rings is 1. The molecule has 2 aromatic heterocycles. The van der Waals surface area contributed by atoms with E-state index in [2.05, 4.69) is 71.6 Å². The van der Waals surface area contributed by atoms with Crippen molar-refractivity contribution >= 4 is 11.3 Å². The summed E-state index contributed by atoms with van der Waals surface area (Å²) >= 11 is 1.79. The van der Waals surface area contributed by atoms with E-state index in [9.17, 15) is 0 Å². The van der Waals surface area contributed by atoms with Gasteiger partial charge in [0, 0.05) is 12.7 Å². The van der Waals surface area contributed by atoms with E-state index in [0.29, 0.717) is 0 Å². The summed E-state index contributed by atoms with van der Waals surface area (Å²) in [6, 6.07) is 17.1. The maximum Gasteiger partial charge on any atom is 0.0587 e. The molecule has 0 saturated heterocycles. The zero-order valence-corrected chi connectivity index (χ0v) is 11.2. The lowest BCUT2D eigenvalue weighted by atomic mass is 10.2. The molecular weight excluding hydrogens is 238 g/mol. The summed E-state index contributed by atoms with van der Waals surface area (Å²) in [6.45, 7) is 3.08. The van der Waals surface area contributed by atoms with Crippen LogP contribution in [0.3, 0.4) is 0 Å². The molecule has 3 rings (SSSR count). The van der Waals surface area contributed by atoms with Gasteiger partial charge in [0.15, 0.2) is 0 Å². The molecule has 0 atom stereocenters. The molecule has 1 aromatic carbocycles. The summed E-state index contributed by atoms with van der Waals surface area (Å²) in [6.07, 6.45) is 2.22. The molecule has 0 saturated carbocycles. The monoisotopic (exact) mass is 253 g/mol. The molecule has 0 unspecified atom stereocenters. The Morgan fingerprint density at radius 1 is 1.06 bits per heavy atom. The number of hydrogen-bond acceptors (Lipinski definition) is 1. The molecule has 1 nitrogen and oxygen atoms in total. The summed E-state index contributed by atoms with van der Waals surface area (Å²) in [4.78, 5) is 1.33. The van der Waals surface area contributed by atoms with Crippen LogP contribution in [0.15, 0.2) is 60.1 Å². The summed E-state index contributed by atoms with van der Waals surface area (Å²) in [7, 11) is 0. The highest BCUT2D eigenvalue weighted by Crippen LogP contribution is 2.27. The molecule has 0 fully saturated rings. The molecule has 18 heavy (non-hydrogen) atoms. The predicted molar refractivity (Wildman–Crippen MR) is 78.0 cm³/mol. The van der Waals surface area contributed by atoms with E-state index in [1.165, 1.54) is 21.7 Å². The molecule has 0 aliphatic carbocycles. The number of aryl methyl sites for hydroxylation is 1. The van der Waals surface area contributed by atoms with Gasteiger partial charge in [-0.05, 0) is 35.6 Å². The largest absolute Gasteiger partial charge is 0.342 e. The lowest BCUT2D eigenvalue weighted by Crippen LogP contribution is -1.99. The fraction of sp³-hybridized carbons (Fsp3) is 0.125. The Labute approximate surface area is 111 Å². The van der Waals surface area contributed by atoms with Crippen molar-refractivity contribution in [3.05, 3.63) is 71.2 Å². The summed E-state index contributed by atoms with van der Waals surface area (Å²) < 4.78 is 2.33. The Kier molecular flexibility index (Phi) is 3.03. The highest BCUT2D eigenvalue weighted by Gasteiger charge is 2.07. The molecular formula is C16H15NS. The van der Waals surface area contributed by atoms with Crippen LogP contribution >= 0.6 is 11.3 Å². The van der Waals surface area contributed by atoms with E-state index in [4.69, 9.17) is 0 Å². The highest BCUT2D eigenvalue weighted by molar-refractivity contribution is 7.13. The van der Waals surface area contributed by atoms with Crippen LogP contribution < -0.4 is 0 Å². The van der Waals surface area contributed by atoms with Gasteiger partial charge in [-0.25, -0.2) is 0 Å². The van der Waals surface area contributed by atoms with Crippen LogP contribution in [0.25, 0.3) is 10.6 Å². The maximum atomic E-state index is 2.33. The van der Waals surface area contributed by atoms with E-state index < -0.39 is 0 Å². The minimum absolute atomic E-state index is 0.932. The van der Waals surface area contributed by atoms with Gasteiger partial charge in [0.25, 0.3) is 0 Å². The highest BCUT2D eigenvalue weighted by atomic mass is 32.1. The molecule has 2 heterocycles. The standard InChI is InChI=1S/C16H15NS/c1-13-10-15(16-8-5-9-18-16)17(11-13)12-14-6-3-2-4-7-14/h2-11H,12H2,1H3. The van der Waals surface area contributed by atoms with Crippen LogP contribution in [0, 0.1) is 6.92 Å². The van der Waals surface area contributed by atoms with Crippen LogP contribution in [-0.2, 0) is 6.54 Å². The van der Waals surface area contributed by atoms with Crippen molar-refractivity contribution in [1.82, 2.24) is 4.57 Å². The van der Waals surface area contributed by atoms with Gasteiger partial charge in [0.1, 0.15) is 0 Å². The molecule has 2 heteroatoms. The lowest BCUT2D eigenvalue weighted by Gasteiger charge is -2.07. The van der Waals surface area contributed by atoms with E-state index in [-0.39, 0.29) is 0 Å². The van der Waals surface area contributed by atoms with Gasteiger partial charge >= 0.3 is 0 Å². The summed E-state index contributed by atoms with van der Waals surface area (Å²) in [5.41, 5.74) is 3.96. The Morgan fingerprint density at radius 2 is 1.89 bits per heavy atom. The van der Waals surface area contributed by atoms with Gasteiger partial charge in [-0.2, -0.15) is 0 Å². The van der Waals surface area contributed by atoms with Crippen molar-refractivity contribution < 1.29 is 0 Å². The van der Waals surface area contributed by atoms with Gasteiger partial charge in [-0.3, -0.25) is 0 Å².